The lowest BCUT2D eigenvalue weighted by Gasteiger charge is -2.25. The van der Waals surface area contributed by atoms with Crippen LogP contribution in [-0.2, 0) is 30.3 Å². The number of anilines is 1. The minimum Gasteiger partial charge on any atom is -0.454 e. The number of carbonyl (C=O) groups excluding carboxylic acids is 4. The van der Waals surface area contributed by atoms with Gasteiger partial charge in [0, 0.05) is 12.1 Å². The van der Waals surface area contributed by atoms with Crippen LogP contribution in [-0.4, -0.2) is 41.2 Å². The molecule has 7 nitrogen and oxygen atoms in total. The number of nitrogens with one attached hydrogen (secondary N) is 1. The van der Waals surface area contributed by atoms with E-state index in [0.29, 0.717) is 18.5 Å². The summed E-state index contributed by atoms with van der Waals surface area (Å²) in [4.78, 5) is 52.6. The number of nitrogens with zero attached hydrogens (tertiary/aromatic N) is 1. The Morgan fingerprint density at radius 2 is 1.67 bits per heavy atom. The van der Waals surface area contributed by atoms with Crippen molar-refractivity contribution in [2.45, 2.75) is 32.2 Å². The number of fused-ring (bicyclic) bond motifs is 1. The van der Waals surface area contributed by atoms with Gasteiger partial charge >= 0.3 is 5.97 Å². The van der Waals surface area contributed by atoms with Crippen LogP contribution in [0, 0.1) is 18.8 Å². The number of likely N-dealkylation sites (tertiary alicyclic amines) is 1. The maximum absolute atomic E-state index is 13.1. The second-order valence-corrected chi connectivity index (χ2v) is 8.43. The molecule has 0 aromatic heterocycles. The lowest BCUT2D eigenvalue weighted by molar-refractivity contribution is -0.159. The summed E-state index contributed by atoms with van der Waals surface area (Å²) in [5.41, 5.74) is 2.37. The van der Waals surface area contributed by atoms with Crippen molar-refractivity contribution < 1.29 is 23.9 Å². The Morgan fingerprint density at radius 3 is 2.30 bits per heavy atom. The molecule has 0 bridgehead atoms. The molecule has 1 N–H and O–H groups in total. The predicted octanol–water partition coefficient (Wildman–Crippen LogP) is 3.04. The quantitative estimate of drug-likeness (QED) is 0.401. The fraction of sp³-hybridized carbons (Fsp3) is 0.308. The van der Waals surface area contributed by atoms with Gasteiger partial charge in [0.25, 0.3) is 5.91 Å². The van der Waals surface area contributed by atoms with Crippen LogP contribution in [0.2, 0.25) is 0 Å². The van der Waals surface area contributed by atoms with Crippen molar-refractivity contribution in [1.29, 1.82) is 0 Å². The minimum absolute atomic E-state index is 0.128. The van der Waals surface area contributed by atoms with Gasteiger partial charge in [-0.3, -0.25) is 19.3 Å². The van der Waals surface area contributed by atoms with E-state index in [1.807, 2.05) is 61.5 Å². The van der Waals surface area contributed by atoms with E-state index in [1.54, 1.807) is 12.1 Å². The number of amides is 3. The van der Waals surface area contributed by atoms with Gasteiger partial charge in [-0.2, -0.15) is 0 Å². The minimum atomic E-state index is -1.12. The van der Waals surface area contributed by atoms with Gasteiger partial charge in [0.2, 0.25) is 11.8 Å². The molecule has 1 fully saturated rings. The third-order valence-electron chi connectivity index (χ3n) is 6.04. The van der Waals surface area contributed by atoms with Crippen LogP contribution < -0.4 is 5.32 Å². The summed E-state index contributed by atoms with van der Waals surface area (Å²) in [6, 6.07) is 15.3. The maximum atomic E-state index is 13.1. The number of imide groups is 1. The van der Waals surface area contributed by atoms with Crippen LogP contribution >= 0.6 is 0 Å². The molecule has 0 unspecified atom stereocenters. The number of hydrogen-bond donors (Lipinski definition) is 1. The predicted molar refractivity (Wildman–Crippen MR) is 122 cm³/mol. The van der Waals surface area contributed by atoms with E-state index in [-0.39, 0.29) is 18.2 Å². The number of carbonyl (C=O) groups is 4. The van der Waals surface area contributed by atoms with Crippen LogP contribution in [0.25, 0.3) is 0 Å². The van der Waals surface area contributed by atoms with Gasteiger partial charge in [-0.25, -0.2) is 4.79 Å². The van der Waals surface area contributed by atoms with E-state index in [2.05, 4.69) is 5.32 Å². The smallest absolute Gasteiger partial charge is 0.330 e. The van der Waals surface area contributed by atoms with Gasteiger partial charge in [0.05, 0.1) is 11.8 Å². The molecule has 0 radical (unpaired) electrons. The van der Waals surface area contributed by atoms with Crippen LogP contribution in [0.1, 0.15) is 24.0 Å². The van der Waals surface area contributed by atoms with Crippen molar-refractivity contribution in [2.24, 2.45) is 11.8 Å². The van der Waals surface area contributed by atoms with Gasteiger partial charge in [-0.05, 0) is 43.0 Å². The number of hydrogen-bond acceptors (Lipinski definition) is 5. The maximum Gasteiger partial charge on any atom is 0.330 e. The van der Waals surface area contributed by atoms with Crippen molar-refractivity contribution >= 4 is 29.4 Å². The highest BCUT2D eigenvalue weighted by atomic mass is 16.5. The molecule has 3 atom stereocenters. The third-order valence-corrected chi connectivity index (χ3v) is 6.04. The molecule has 4 rings (SSSR count). The zero-order chi connectivity index (χ0) is 23.4. The Kier molecular flexibility index (Phi) is 6.68. The normalized spacial score (nSPS) is 20.3. The standard InChI is InChI=1S/C26H26N2O5/c1-17-8-7-11-19(14-17)27-23(29)16-33-26(32)22(15-18-9-3-2-4-10-18)28-24(30)20-12-5-6-13-21(20)25(28)31/h2-11,14,20-22H,12-13,15-16H2,1H3,(H,27,29)/t20-,21-,22-/m0/s1. The van der Waals surface area contributed by atoms with Gasteiger partial charge in [-0.1, -0.05) is 54.6 Å². The average Bonchev–Trinajstić information content (AvgIpc) is 3.07. The Bertz CT molecular complexity index is 1070. The molecule has 0 saturated carbocycles. The van der Waals surface area contributed by atoms with E-state index >= 15 is 0 Å². The van der Waals surface area contributed by atoms with Crippen LogP contribution in [0.15, 0.2) is 66.7 Å². The molecule has 0 spiro atoms. The molecular formula is C26H26N2O5. The Hall–Kier alpha value is -3.74. The SMILES string of the molecule is Cc1cccc(NC(=O)COC(=O)[C@H](Cc2ccccc2)N2C(=O)[C@H]3CC=CC[C@@H]3C2=O)c1. The monoisotopic (exact) mass is 446 g/mol. The number of benzene rings is 2. The van der Waals surface area contributed by atoms with E-state index < -0.39 is 36.4 Å². The second-order valence-electron chi connectivity index (χ2n) is 8.43. The van der Waals surface area contributed by atoms with Crippen LogP contribution in [0.3, 0.4) is 0 Å². The van der Waals surface area contributed by atoms with Gasteiger partial charge in [0.1, 0.15) is 6.04 Å². The average molecular weight is 447 g/mol. The molecule has 2 aromatic rings. The largest absolute Gasteiger partial charge is 0.454 e. The van der Waals surface area contributed by atoms with Crippen molar-refractivity contribution in [3.05, 3.63) is 77.9 Å². The van der Waals surface area contributed by atoms with Crippen molar-refractivity contribution in [1.82, 2.24) is 4.90 Å². The van der Waals surface area contributed by atoms with Crippen molar-refractivity contribution in [3.8, 4) is 0 Å². The summed E-state index contributed by atoms with van der Waals surface area (Å²) in [7, 11) is 0. The first-order chi connectivity index (χ1) is 15.9. The van der Waals surface area contributed by atoms with Gasteiger partial charge in [-0.15, -0.1) is 0 Å². The molecule has 33 heavy (non-hydrogen) atoms. The highest BCUT2D eigenvalue weighted by molar-refractivity contribution is 6.08. The molecule has 7 heteroatoms. The summed E-state index contributed by atoms with van der Waals surface area (Å²) >= 11 is 0. The van der Waals surface area contributed by atoms with Crippen molar-refractivity contribution in [2.75, 3.05) is 11.9 Å². The fourth-order valence-electron chi connectivity index (χ4n) is 4.40. The second kappa shape index (κ2) is 9.81. The molecule has 1 heterocycles. The Balaban J connectivity index is 1.48. The highest BCUT2D eigenvalue weighted by Crippen LogP contribution is 2.36. The van der Waals surface area contributed by atoms with E-state index in [0.717, 1.165) is 16.0 Å². The summed E-state index contributed by atoms with van der Waals surface area (Å²) in [6.45, 7) is 1.39. The Morgan fingerprint density at radius 1 is 1.00 bits per heavy atom. The lowest BCUT2D eigenvalue weighted by atomic mass is 9.85. The molecule has 2 aliphatic rings. The van der Waals surface area contributed by atoms with E-state index in [4.69, 9.17) is 4.74 Å². The van der Waals surface area contributed by atoms with Crippen molar-refractivity contribution in [3.63, 3.8) is 0 Å². The highest BCUT2D eigenvalue weighted by Gasteiger charge is 2.51. The Labute approximate surface area is 192 Å². The first-order valence-corrected chi connectivity index (χ1v) is 11.0. The van der Waals surface area contributed by atoms with Crippen LogP contribution in [0.5, 0.6) is 0 Å². The van der Waals surface area contributed by atoms with Crippen LogP contribution in [0.4, 0.5) is 5.69 Å². The number of ether oxygens (including phenoxy) is 1. The zero-order valence-corrected chi connectivity index (χ0v) is 18.4. The first kappa shape index (κ1) is 22.5. The number of aryl methyl sites for hydroxylation is 1. The molecule has 1 aliphatic carbocycles. The van der Waals surface area contributed by atoms with E-state index in [9.17, 15) is 19.2 Å². The van der Waals surface area contributed by atoms with Gasteiger partial charge < -0.3 is 10.1 Å². The third kappa shape index (κ3) is 5.03. The zero-order valence-electron chi connectivity index (χ0n) is 18.4. The molecule has 1 aliphatic heterocycles. The molecular weight excluding hydrogens is 420 g/mol. The number of esters is 1. The first-order valence-electron chi connectivity index (χ1n) is 11.0. The summed E-state index contributed by atoms with van der Waals surface area (Å²) in [5.74, 6) is -2.86. The number of allylic oxidation sites excluding steroid dienone is 2. The topological polar surface area (TPSA) is 92.8 Å². The fourth-order valence-corrected chi connectivity index (χ4v) is 4.40. The lowest BCUT2D eigenvalue weighted by Crippen LogP contribution is -2.48. The molecule has 3 amide bonds. The van der Waals surface area contributed by atoms with Gasteiger partial charge in [0.15, 0.2) is 6.61 Å². The summed E-state index contributed by atoms with van der Waals surface area (Å²) in [6.07, 6.45) is 4.89. The number of rotatable bonds is 7. The molecule has 170 valence electrons. The molecule has 2 aromatic carbocycles. The summed E-state index contributed by atoms with van der Waals surface area (Å²) in [5, 5.41) is 2.68. The van der Waals surface area contributed by atoms with E-state index in [1.165, 1.54) is 0 Å². The molecule has 1 saturated heterocycles. The summed E-state index contributed by atoms with van der Waals surface area (Å²) < 4.78 is 5.29.